The lowest BCUT2D eigenvalue weighted by atomic mass is 10.2. The smallest absolute Gasteiger partial charge is 0.157 e. The first-order valence-corrected chi connectivity index (χ1v) is 7.06. The molecule has 0 saturated heterocycles. The van der Waals surface area contributed by atoms with Crippen LogP contribution in [0.3, 0.4) is 0 Å². The first-order chi connectivity index (χ1) is 10.7. The summed E-state index contributed by atoms with van der Waals surface area (Å²) in [6, 6.07) is 9.97. The molecule has 5 nitrogen and oxygen atoms in total. The molecule has 1 aromatic carbocycles. The van der Waals surface area contributed by atoms with Crippen molar-refractivity contribution in [3.05, 3.63) is 53.6 Å². The fourth-order valence-electron chi connectivity index (χ4n) is 2.42. The predicted octanol–water partition coefficient (Wildman–Crippen LogP) is 3.36. The van der Waals surface area contributed by atoms with Gasteiger partial charge in [0.1, 0.15) is 17.7 Å². The largest absolute Gasteiger partial charge is 0.340 e. The number of nitrogens with one attached hydrogen (secondary N) is 1. The number of benzene rings is 1. The highest BCUT2D eigenvalue weighted by molar-refractivity contribution is 5.61. The second-order valence-electron chi connectivity index (χ2n) is 5.37. The van der Waals surface area contributed by atoms with Crippen molar-refractivity contribution < 1.29 is 4.39 Å². The minimum Gasteiger partial charge on any atom is -0.340 e. The van der Waals surface area contributed by atoms with Gasteiger partial charge < -0.3 is 5.32 Å². The fourth-order valence-corrected chi connectivity index (χ4v) is 2.42. The Bertz CT molecular complexity index is 905. The van der Waals surface area contributed by atoms with Gasteiger partial charge in [0.15, 0.2) is 5.65 Å². The number of hydrogen-bond acceptors (Lipinski definition) is 4. The highest BCUT2D eigenvalue weighted by atomic mass is 19.1. The van der Waals surface area contributed by atoms with Gasteiger partial charge in [-0.15, -0.1) is 0 Å². The average molecular weight is 293 g/mol. The Labute approximate surface area is 126 Å². The third kappa shape index (κ3) is 2.17. The maximum Gasteiger partial charge on any atom is 0.157 e. The van der Waals surface area contributed by atoms with E-state index in [4.69, 9.17) is 5.26 Å². The average Bonchev–Trinajstić information content (AvgIpc) is 3.28. The second-order valence-corrected chi connectivity index (χ2v) is 5.37. The van der Waals surface area contributed by atoms with Gasteiger partial charge in [-0.05, 0) is 37.1 Å². The van der Waals surface area contributed by atoms with E-state index in [0.717, 1.165) is 17.2 Å². The van der Waals surface area contributed by atoms with Crippen LogP contribution < -0.4 is 5.32 Å². The van der Waals surface area contributed by atoms with Gasteiger partial charge in [-0.3, -0.25) is 0 Å². The molecule has 1 fully saturated rings. The van der Waals surface area contributed by atoms with E-state index in [2.05, 4.69) is 15.4 Å². The van der Waals surface area contributed by atoms with Crippen molar-refractivity contribution in [2.24, 2.45) is 0 Å². The van der Waals surface area contributed by atoms with Crippen LogP contribution >= 0.6 is 0 Å². The Balaban J connectivity index is 1.73. The van der Waals surface area contributed by atoms with E-state index in [1.165, 1.54) is 25.0 Å². The minimum atomic E-state index is -0.525. The highest BCUT2D eigenvalue weighted by Gasteiger charge is 2.26. The standard InChI is InChI=1S/C16H12FN5/c17-13-4-3-12(7-11(13)9-18)20-15-5-6-19-16-8-14(10-1-2-10)21-22(15)16/h3-8,10,20H,1-2H2. The maximum absolute atomic E-state index is 13.4. The topological polar surface area (TPSA) is 66.0 Å². The zero-order valence-electron chi connectivity index (χ0n) is 11.6. The van der Waals surface area contributed by atoms with Crippen molar-refractivity contribution in [3.63, 3.8) is 0 Å². The van der Waals surface area contributed by atoms with Crippen LogP contribution in [0.5, 0.6) is 0 Å². The molecule has 4 rings (SSSR count). The van der Waals surface area contributed by atoms with Crippen LogP contribution in [-0.4, -0.2) is 14.6 Å². The molecular weight excluding hydrogens is 281 g/mol. The van der Waals surface area contributed by atoms with Gasteiger partial charge in [0.2, 0.25) is 0 Å². The third-order valence-corrected chi connectivity index (χ3v) is 3.73. The Morgan fingerprint density at radius 1 is 1.27 bits per heavy atom. The first kappa shape index (κ1) is 12.8. The van der Waals surface area contributed by atoms with Crippen LogP contribution in [0.1, 0.15) is 30.0 Å². The number of halogens is 1. The van der Waals surface area contributed by atoms with E-state index < -0.39 is 5.82 Å². The van der Waals surface area contributed by atoms with Crippen LogP contribution in [0.4, 0.5) is 15.9 Å². The monoisotopic (exact) mass is 293 g/mol. The van der Waals surface area contributed by atoms with Crippen LogP contribution in [-0.2, 0) is 0 Å². The molecule has 0 amide bonds. The summed E-state index contributed by atoms with van der Waals surface area (Å²) in [6.45, 7) is 0. The summed E-state index contributed by atoms with van der Waals surface area (Å²) >= 11 is 0. The number of anilines is 2. The summed E-state index contributed by atoms with van der Waals surface area (Å²) in [5.41, 5.74) is 2.47. The molecule has 0 unspecified atom stereocenters. The van der Waals surface area contributed by atoms with E-state index in [1.807, 2.05) is 12.1 Å². The number of rotatable bonds is 3. The van der Waals surface area contributed by atoms with Crippen molar-refractivity contribution in [2.45, 2.75) is 18.8 Å². The number of nitrogens with zero attached hydrogens (tertiary/aromatic N) is 4. The molecule has 3 aromatic rings. The summed E-state index contributed by atoms with van der Waals surface area (Å²) in [5.74, 6) is 0.751. The lowest BCUT2D eigenvalue weighted by Gasteiger charge is -2.08. The van der Waals surface area contributed by atoms with E-state index in [1.54, 1.807) is 22.8 Å². The fraction of sp³-hybridized carbons (Fsp3) is 0.188. The lowest BCUT2D eigenvalue weighted by molar-refractivity contribution is 0.624. The van der Waals surface area contributed by atoms with Gasteiger partial charge in [0, 0.05) is 23.9 Å². The van der Waals surface area contributed by atoms with Crippen LogP contribution in [0.15, 0.2) is 36.5 Å². The molecule has 22 heavy (non-hydrogen) atoms. The Hall–Kier alpha value is -2.94. The van der Waals surface area contributed by atoms with E-state index in [9.17, 15) is 4.39 Å². The summed E-state index contributed by atoms with van der Waals surface area (Å²) in [6.07, 6.45) is 4.05. The maximum atomic E-state index is 13.4. The minimum absolute atomic E-state index is 0.00874. The number of aromatic nitrogens is 3. The Kier molecular flexibility index (Phi) is 2.79. The number of fused-ring (bicyclic) bond motifs is 1. The molecule has 0 aliphatic heterocycles. The second kappa shape index (κ2) is 4.81. The molecule has 6 heteroatoms. The van der Waals surface area contributed by atoms with E-state index in [-0.39, 0.29) is 5.56 Å². The van der Waals surface area contributed by atoms with Gasteiger partial charge in [0.05, 0.1) is 11.3 Å². The Morgan fingerprint density at radius 2 is 2.14 bits per heavy atom. The molecule has 0 atom stereocenters. The van der Waals surface area contributed by atoms with Crippen molar-refractivity contribution in [1.82, 2.24) is 14.6 Å². The third-order valence-electron chi connectivity index (χ3n) is 3.73. The predicted molar refractivity (Wildman–Crippen MR) is 79.4 cm³/mol. The van der Waals surface area contributed by atoms with Crippen LogP contribution in [0.2, 0.25) is 0 Å². The molecule has 1 N–H and O–H groups in total. The molecule has 0 radical (unpaired) electrons. The lowest BCUT2D eigenvalue weighted by Crippen LogP contribution is -2.01. The molecule has 108 valence electrons. The molecule has 2 aromatic heterocycles. The van der Waals surface area contributed by atoms with Crippen LogP contribution in [0.25, 0.3) is 5.65 Å². The molecule has 1 aliphatic carbocycles. The van der Waals surface area contributed by atoms with Crippen molar-refractivity contribution in [3.8, 4) is 6.07 Å². The Morgan fingerprint density at radius 3 is 2.91 bits per heavy atom. The molecule has 2 heterocycles. The van der Waals surface area contributed by atoms with Crippen molar-refractivity contribution in [2.75, 3.05) is 5.32 Å². The molecule has 1 saturated carbocycles. The van der Waals surface area contributed by atoms with Gasteiger partial charge in [-0.1, -0.05) is 0 Å². The number of nitriles is 1. The van der Waals surface area contributed by atoms with Crippen LogP contribution in [0, 0.1) is 17.1 Å². The summed E-state index contributed by atoms with van der Waals surface area (Å²) < 4.78 is 15.1. The normalized spacial score (nSPS) is 14.0. The van der Waals surface area contributed by atoms with Gasteiger partial charge in [-0.2, -0.15) is 14.9 Å². The molecular formula is C16H12FN5. The zero-order chi connectivity index (χ0) is 15.1. The number of hydrogen-bond donors (Lipinski definition) is 1. The van der Waals surface area contributed by atoms with E-state index >= 15 is 0 Å². The SMILES string of the molecule is N#Cc1cc(Nc2ccnc3cc(C4CC4)nn23)ccc1F. The molecule has 0 spiro atoms. The van der Waals surface area contributed by atoms with Crippen molar-refractivity contribution in [1.29, 1.82) is 5.26 Å². The summed E-state index contributed by atoms with van der Waals surface area (Å²) in [7, 11) is 0. The highest BCUT2D eigenvalue weighted by Crippen LogP contribution is 2.39. The van der Waals surface area contributed by atoms with Gasteiger partial charge in [0.25, 0.3) is 0 Å². The first-order valence-electron chi connectivity index (χ1n) is 7.06. The van der Waals surface area contributed by atoms with Crippen molar-refractivity contribution >= 4 is 17.2 Å². The summed E-state index contributed by atoms with van der Waals surface area (Å²) in [4.78, 5) is 4.31. The zero-order valence-corrected chi connectivity index (χ0v) is 11.6. The van der Waals surface area contributed by atoms with Gasteiger partial charge >= 0.3 is 0 Å². The van der Waals surface area contributed by atoms with Gasteiger partial charge in [-0.25, -0.2) is 9.37 Å². The quantitative estimate of drug-likeness (QED) is 0.804. The van der Waals surface area contributed by atoms with E-state index in [0.29, 0.717) is 11.6 Å². The summed E-state index contributed by atoms with van der Waals surface area (Å²) in [5, 5.41) is 16.7. The molecule has 1 aliphatic rings. The molecule has 0 bridgehead atoms.